The van der Waals surface area contributed by atoms with Gasteiger partial charge in [-0.05, 0) is 74.9 Å². The van der Waals surface area contributed by atoms with Crippen molar-refractivity contribution in [3.63, 3.8) is 0 Å². The van der Waals surface area contributed by atoms with Crippen molar-refractivity contribution in [3.05, 3.63) is 106 Å². The van der Waals surface area contributed by atoms with E-state index in [1.807, 2.05) is 0 Å². The molecule has 0 radical (unpaired) electrons. The molecule has 0 atom stereocenters. The maximum Gasteiger partial charge on any atom is 0.258 e. The van der Waals surface area contributed by atoms with Gasteiger partial charge in [0.25, 0.3) is 11.8 Å². The standard InChI is InChI=1S/C29H26Cl2N4O4S/c1-29(2,3)35-40(38,39)25-7-5-4-6-22(25)18-8-10-19(11-9-18)27(36)33-24-14-12-20(30)16-23(24)28(37)34-26-15-13-21(31)17-32-26/h4-17,35H,1-3H3,(H,33,36)(H,32,34,37). The highest BCUT2D eigenvalue weighted by molar-refractivity contribution is 7.89. The highest BCUT2D eigenvalue weighted by Gasteiger charge is 2.25. The second kappa shape index (κ2) is 11.8. The van der Waals surface area contributed by atoms with Crippen LogP contribution in [0.1, 0.15) is 41.5 Å². The Labute approximate surface area is 242 Å². The Bertz CT molecular complexity index is 1670. The van der Waals surface area contributed by atoms with E-state index in [1.54, 1.807) is 81.4 Å². The van der Waals surface area contributed by atoms with Crippen LogP contribution in [0.3, 0.4) is 0 Å². The number of hydrogen-bond donors (Lipinski definition) is 3. The zero-order valence-corrected chi connectivity index (χ0v) is 24.2. The molecule has 4 aromatic rings. The highest BCUT2D eigenvalue weighted by atomic mass is 35.5. The zero-order valence-electron chi connectivity index (χ0n) is 21.8. The number of rotatable bonds is 7. The fourth-order valence-corrected chi connectivity index (χ4v) is 5.77. The van der Waals surface area contributed by atoms with Gasteiger partial charge in [0.05, 0.1) is 21.2 Å². The van der Waals surface area contributed by atoms with Crippen molar-refractivity contribution in [2.75, 3.05) is 10.6 Å². The number of benzene rings is 3. The van der Waals surface area contributed by atoms with Gasteiger partial charge in [-0.15, -0.1) is 0 Å². The summed E-state index contributed by atoms with van der Waals surface area (Å²) >= 11 is 12.0. The third-order valence-electron chi connectivity index (χ3n) is 5.52. The fraction of sp³-hybridized carbons (Fsp3) is 0.138. The van der Waals surface area contributed by atoms with E-state index in [1.165, 1.54) is 24.4 Å². The Hall–Kier alpha value is -3.76. The van der Waals surface area contributed by atoms with Crippen molar-refractivity contribution < 1.29 is 18.0 Å². The molecule has 0 aliphatic heterocycles. The van der Waals surface area contributed by atoms with E-state index in [4.69, 9.17) is 23.2 Å². The summed E-state index contributed by atoms with van der Waals surface area (Å²) in [5.41, 5.74) is 1.15. The molecule has 0 fully saturated rings. The molecule has 0 aliphatic carbocycles. The minimum absolute atomic E-state index is 0.133. The number of carbonyl (C=O) groups excluding carboxylic acids is 2. The third kappa shape index (κ3) is 7.25. The summed E-state index contributed by atoms with van der Waals surface area (Å²) in [6.07, 6.45) is 1.40. The van der Waals surface area contributed by atoms with Crippen molar-refractivity contribution in [1.82, 2.24) is 9.71 Å². The molecular formula is C29H26Cl2N4O4S. The molecule has 0 aliphatic rings. The van der Waals surface area contributed by atoms with Crippen LogP contribution in [0, 0.1) is 0 Å². The molecule has 0 unspecified atom stereocenters. The summed E-state index contributed by atoms with van der Waals surface area (Å²) in [7, 11) is -3.79. The van der Waals surface area contributed by atoms with Gasteiger partial charge in [0.2, 0.25) is 10.0 Å². The molecule has 3 N–H and O–H groups in total. The van der Waals surface area contributed by atoms with E-state index in [0.717, 1.165) is 0 Å². The minimum atomic E-state index is -3.79. The first-order valence-electron chi connectivity index (χ1n) is 12.1. The summed E-state index contributed by atoms with van der Waals surface area (Å²) < 4.78 is 28.7. The summed E-state index contributed by atoms with van der Waals surface area (Å²) in [5, 5.41) is 6.13. The van der Waals surface area contributed by atoms with E-state index in [9.17, 15) is 18.0 Å². The van der Waals surface area contributed by atoms with E-state index < -0.39 is 27.4 Å². The number of anilines is 2. The smallest absolute Gasteiger partial charge is 0.258 e. The zero-order chi connectivity index (χ0) is 29.1. The Morgan fingerprint density at radius 3 is 2.12 bits per heavy atom. The summed E-state index contributed by atoms with van der Waals surface area (Å²) in [6.45, 7) is 5.31. The molecule has 40 heavy (non-hydrogen) atoms. The quantitative estimate of drug-likeness (QED) is 0.221. The summed E-state index contributed by atoms with van der Waals surface area (Å²) in [4.78, 5) is 30.2. The Balaban J connectivity index is 1.56. The number of nitrogens with zero attached hydrogens (tertiary/aromatic N) is 1. The van der Waals surface area contributed by atoms with Crippen molar-refractivity contribution in [1.29, 1.82) is 0 Å². The largest absolute Gasteiger partial charge is 0.321 e. The maximum absolute atomic E-state index is 13.1. The Morgan fingerprint density at radius 1 is 0.800 bits per heavy atom. The SMILES string of the molecule is CC(C)(C)NS(=O)(=O)c1ccccc1-c1ccc(C(=O)Nc2ccc(Cl)cc2C(=O)Nc2ccc(Cl)cn2)cc1. The molecule has 0 saturated carbocycles. The van der Waals surface area contributed by atoms with Crippen LogP contribution >= 0.6 is 23.2 Å². The molecule has 1 heterocycles. The van der Waals surface area contributed by atoms with Gasteiger partial charge in [-0.25, -0.2) is 18.1 Å². The molecule has 0 saturated heterocycles. The number of amides is 2. The van der Waals surface area contributed by atoms with Crippen molar-refractivity contribution in [2.45, 2.75) is 31.2 Å². The van der Waals surface area contributed by atoms with Gasteiger partial charge in [0.1, 0.15) is 5.82 Å². The van der Waals surface area contributed by atoms with Crippen LogP contribution in [-0.2, 0) is 10.0 Å². The van der Waals surface area contributed by atoms with Crippen LogP contribution in [-0.4, -0.2) is 30.8 Å². The number of aromatic nitrogens is 1. The maximum atomic E-state index is 13.1. The first-order valence-corrected chi connectivity index (χ1v) is 14.3. The van der Waals surface area contributed by atoms with Crippen LogP contribution in [0.2, 0.25) is 10.0 Å². The second-order valence-corrected chi connectivity index (χ2v) is 12.4. The van der Waals surface area contributed by atoms with Crippen LogP contribution in [0.15, 0.2) is 90.0 Å². The van der Waals surface area contributed by atoms with Crippen LogP contribution in [0.4, 0.5) is 11.5 Å². The lowest BCUT2D eigenvalue weighted by molar-refractivity contribution is 0.102. The lowest BCUT2D eigenvalue weighted by atomic mass is 10.0. The molecule has 0 bridgehead atoms. The summed E-state index contributed by atoms with van der Waals surface area (Å²) in [5.74, 6) is -0.713. The molecule has 3 aromatic carbocycles. The van der Waals surface area contributed by atoms with Crippen LogP contribution in [0.25, 0.3) is 11.1 Å². The molecule has 1 aromatic heterocycles. The number of carbonyl (C=O) groups is 2. The molecule has 0 spiro atoms. The third-order valence-corrected chi connectivity index (χ3v) is 7.79. The molecule has 206 valence electrons. The van der Waals surface area contributed by atoms with Crippen molar-refractivity contribution in [2.24, 2.45) is 0 Å². The lowest BCUT2D eigenvalue weighted by Crippen LogP contribution is -2.40. The Morgan fingerprint density at radius 2 is 1.48 bits per heavy atom. The summed E-state index contributed by atoms with van der Waals surface area (Å²) in [6, 6.07) is 20.8. The van der Waals surface area contributed by atoms with E-state index in [-0.39, 0.29) is 22.0 Å². The Kier molecular flexibility index (Phi) is 8.60. The number of nitrogens with one attached hydrogen (secondary N) is 3. The highest BCUT2D eigenvalue weighted by Crippen LogP contribution is 2.29. The van der Waals surface area contributed by atoms with E-state index >= 15 is 0 Å². The minimum Gasteiger partial charge on any atom is -0.321 e. The van der Waals surface area contributed by atoms with Crippen LogP contribution in [0.5, 0.6) is 0 Å². The predicted octanol–water partition coefficient (Wildman–Crippen LogP) is 6.64. The number of halogens is 2. The number of sulfonamides is 1. The van der Waals surface area contributed by atoms with Gasteiger partial charge in [-0.1, -0.05) is 53.5 Å². The molecule has 4 rings (SSSR count). The van der Waals surface area contributed by atoms with Gasteiger partial charge in [-0.2, -0.15) is 0 Å². The average molecular weight is 598 g/mol. The average Bonchev–Trinajstić information content (AvgIpc) is 2.89. The van der Waals surface area contributed by atoms with Gasteiger partial charge in [0, 0.05) is 27.9 Å². The van der Waals surface area contributed by atoms with Crippen molar-refractivity contribution >= 4 is 56.5 Å². The number of hydrogen-bond acceptors (Lipinski definition) is 5. The van der Waals surface area contributed by atoms with E-state index in [2.05, 4.69) is 20.3 Å². The van der Waals surface area contributed by atoms with Crippen molar-refractivity contribution in [3.8, 4) is 11.1 Å². The van der Waals surface area contributed by atoms with Gasteiger partial charge < -0.3 is 10.6 Å². The first-order chi connectivity index (χ1) is 18.8. The lowest BCUT2D eigenvalue weighted by Gasteiger charge is -2.21. The normalized spacial score (nSPS) is 11.6. The van der Waals surface area contributed by atoms with Gasteiger partial charge in [-0.3, -0.25) is 9.59 Å². The number of pyridine rings is 1. The first kappa shape index (κ1) is 29.2. The topological polar surface area (TPSA) is 117 Å². The predicted molar refractivity (Wildman–Crippen MR) is 159 cm³/mol. The molecule has 2 amide bonds. The molecular weight excluding hydrogens is 571 g/mol. The van der Waals surface area contributed by atoms with Crippen LogP contribution < -0.4 is 15.4 Å². The van der Waals surface area contributed by atoms with Gasteiger partial charge in [0.15, 0.2) is 0 Å². The molecule has 8 nitrogen and oxygen atoms in total. The van der Waals surface area contributed by atoms with Gasteiger partial charge >= 0.3 is 0 Å². The molecule has 11 heteroatoms. The van der Waals surface area contributed by atoms with E-state index in [0.29, 0.717) is 26.7 Å². The fourth-order valence-electron chi connectivity index (χ4n) is 3.84. The monoisotopic (exact) mass is 596 g/mol. The second-order valence-electron chi connectivity index (χ2n) is 9.89.